The van der Waals surface area contributed by atoms with Crippen molar-refractivity contribution in [2.45, 2.75) is 18.8 Å². The molecule has 23 heavy (non-hydrogen) atoms. The number of rotatable bonds is 8. The summed E-state index contributed by atoms with van der Waals surface area (Å²) in [7, 11) is -1.99. The fourth-order valence-electron chi connectivity index (χ4n) is 2.57. The molecule has 0 radical (unpaired) electrons. The van der Waals surface area contributed by atoms with Gasteiger partial charge < -0.3 is 4.74 Å². The molecule has 6 heteroatoms. The van der Waals surface area contributed by atoms with Gasteiger partial charge >= 0.3 is 0 Å². The van der Waals surface area contributed by atoms with E-state index in [1.807, 2.05) is 42.5 Å². The molecule has 0 aliphatic rings. The van der Waals surface area contributed by atoms with E-state index < -0.39 is 10.2 Å². The lowest BCUT2D eigenvalue weighted by Crippen LogP contribution is -2.31. The van der Waals surface area contributed by atoms with Crippen LogP contribution >= 0.6 is 0 Å². The summed E-state index contributed by atoms with van der Waals surface area (Å²) in [5.41, 5.74) is 2.38. The molecule has 5 nitrogen and oxygen atoms in total. The van der Waals surface area contributed by atoms with Crippen molar-refractivity contribution < 1.29 is 13.2 Å². The van der Waals surface area contributed by atoms with Crippen molar-refractivity contribution in [2.24, 2.45) is 5.14 Å². The van der Waals surface area contributed by atoms with E-state index in [0.717, 1.165) is 12.2 Å². The quantitative estimate of drug-likeness (QED) is 0.727. The maximum atomic E-state index is 10.9. The Morgan fingerprint density at radius 3 is 2.22 bits per heavy atom. The number of benzene rings is 2. The lowest BCUT2D eigenvalue weighted by Gasteiger charge is -2.18. The van der Waals surface area contributed by atoms with Gasteiger partial charge in [0.1, 0.15) is 5.75 Å². The van der Waals surface area contributed by atoms with E-state index in [1.165, 1.54) is 11.1 Å². The van der Waals surface area contributed by atoms with Crippen LogP contribution in [0.15, 0.2) is 54.6 Å². The summed E-state index contributed by atoms with van der Waals surface area (Å²) < 4.78 is 29.4. The van der Waals surface area contributed by atoms with Crippen LogP contribution < -0.4 is 14.6 Å². The van der Waals surface area contributed by atoms with Gasteiger partial charge in [0.2, 0.25) is 0 Å². The van der Waals surface area contributed by atoms with E-state index in [0.29, 0.717) is 13.0 Å². The number of hydrogen-bond donors (Lipinski definition) is 2. The Balaban J connectivity index is 2.12. The van der Waals surface area contributed by atoms with Gasteiger partial charge in [0, 0.05) is 12.5 Å². The highest BCUT2D eigenvalue weighted by atomic mass is 32.2. The van der Waals surface area contributed by atoms with Crippen molar-refractivity contribution in [1.82, 2.24) is 4.72 Å². The van der Waals surface area contributed by atoms with Gasteiger partial charge in [-0.2, -0.15) is 8.42 Å². The molecule has 3 N–H and O–H groups in total. The summed E-state index contributed by atoms with van der Waals surface area (Å²) in [6, 6.07) is 18.1. The molecule has 124 valence electrons. The number of methoxy groups -OCH3 is 1. The van der Waals surface area contributed by atoms with Crippen LogP contribution in [0.25, 0.3) is 0 Å². The first kappa shape index (κ1) is 17.5. The third kappa shape index (κ3) is 5.67. The second kappa shape index (κ2) is 8.10. The minimum Gasteiger partial charge on any atom is -0.497 e. The maximum absolute atomic E-state index is 10.9. The number of ether oxygens (including phenoxy) is 1. The predicted molar refractivity (Wildman–Crippen MR) is 91.6 cm³/mol. The Labute approximate surface area is 137 Å². The molecule has 2 rings (SSSR count). The zero-order valence-corrected chi connectivity index (χ0v) is 13.9. The largest absolute Gasteiger partial charge is 0.497 e. The van der Waals surface area contributed by atoms with Crippen LogP contribution in [-0.4, -0.2) is 22.1 Å². The van der Waals surface area contributed by atoms with Crippen LogP contribution in [0, 0.1) is 0 Å². The van der Waals surface area contributed by atoms with Crippen molar-refractivity contribution in [3.63, 3.8) is 0 Å². The topological polar surface area (TPSA) is 81.4 Å². The van der Waals surface area contributed by atoms with E-state index in [9.17, 15) is 8.42 Å². The lowest BCUT2D eigenvalue weighted by molar-refractivity contribution is 0.414. The SMILES string of the molecule is COc1ccc(C(CCCNS(N)(=O)=O)c2ccccc2)cc1. The van der Waals surface area contributed by atoms with Gasteiger partial charge in [0.25, 0.3) is 10.2 Å². The molecular formula is C17H22N2O3S. The summed E-state index contributed by atoms with van der Waals surface area (Å²) in [6.45, 7) is 0.332. The van der Waals surface area contributed by atoms with Crippen LogP contribution in [0.4, 0.5) is 0 Å². The second-order valence-electron chi connectivity index (χ2n) is 5.32. The Bertz CT molecular complexity index is 700. The zero-order valence-electron chi connectivity index (χ0n) is 13.1. The van der Waals surface area contributed by atoms with E-state index >= 15 is 0 Å². The second-order valence-corrected chi connectivity index (χ2v) is 6.70. The average Bonchev–Trinajstić information content (AvgIpc) is 2.55. The smallest absolute Gasteiger partial charge is 0.274 e. The van der Waals surface area contributed by atoms with Crippen molar-refractivity contribution in [2.75, 3.05) is 13.7 Å². The summed E-state index contributed by atoms with van der Waals surface area (Å²) in [5, 5.41) is 4.95. The first-order chi connectivity index (χ1) is 11.0. The maximum Gasteiger partial charge on any atom is 0.274 e. The monoisotopic (exact) mass is 334 g/mol. The molecule has 0 saturated heterocycles. The summed E-state index contributed by atoms with van der Waals surface area (Å²) in [6.07, 6.45) is 1.51. The van der Waals surface area contributed by atoms with Crippen molar-refractivity contribution in [3.05, 3.63) is 65.7 Å². The van der Waals surface area contributed by atoms with Crippen LogP contribution in [-0.2, 0) is 10.2 Å². The molecule has 0 aromatic heterocycles. The number of hydrogen-bond acceptors (Lipinski definition) is 3. The minimum atomic E-state index is -3.63. The Hall–Kier alpha value is -1.89. The van der Waals surface area contributed by atoms with Crippen LogP contribution in [0.1, 0.15) is 29.9 Å². The fourth-order valence-corrected chi connectivity index (χ4v) is 3.00. The van der Waals surface area contributed by atoms with Gasteiger partial charge in [-0.15, -0.1) is 0 Å². The normalized spacial score (nSPS) is 12.8. The van der Waals surface area contributed by atoms with Crippen molar-refractivity contribution in [3.8, 4) is 5.75 Å². The van der Waals surface area contributed by atoms with Crippen LogP contribution in [0.5, 0.6) is 5.75 Å². The molecule has 0 heterocycles. The summed E-state index contributed by atoms with van der Waals surface area (Å²) in [5.74, 6) is 1.01. The van der Waals surface area contributed by atoms with E-state index in [-0.39, 0.29) is 5.92 Å². The first-order valence-corrected chi connectivity index (χ1v) is 9.00. The van der Waals surface area contributed by atoms with Gasteiger partial charge in [0.15, 0.2) is 0 Å². The molecule has 0 aliphatic carbocycles. The molecule has 0 fully saturated rings. The van der Waals surface area contributed by atoms with Crippen LogP contribution in [0.2, 0.25) is 0 Å². The van der Waals surface area contributed by atoms with Crippen molar-refractivity contribution in [1.29, 1.82) is 0 Å². The molecule has 2 aromatic carbocycles. The highest BCUT2D eigenvalue weighted by Crippen LogP contribution is 2.30. The predicted octanol–water partition coefficient (Wildman–Crippen LogP) is 2.40. The molecule has 0 amide bonds. The molecule has 1 atom stereocenters. The van der Waals surface area contributed by atoms with Crippen molar-refractivity contribution >= 4 is 10.2 Å². The third-order valence-corrected chi connectivity index (χ3v) is 4.30. The van der Waals surface area contributed by atoms with E-state index in [2.05, 4.69) is 16.9 Å². The minimum absolute atomic E-state index is 0.199. The third-order valence-electron chi connectivity index (χ3n) is 3.69. The van der Waals surface area contributed by atoms with Gasteiger partial charge in [-0.25, -0.2) is 9.86 Å². The van der Waals surface area contributed by atoms with Gasteiger partial charge in [-0.05, 0) is 36.1 Å². The van der Waals surface area contributed by atoms with E-state index in [4.69, 9.17) is 9.88 Å². The molecular weight excluding hydrogens is 312 g/mol. The molecule has 0 aliphatic heterocycles. The summed E-state index contributed by atoms with van der Waals surface area (Å²) in [4.78, 5) is 0. The lowest BCUT2D eigenvalue weighted by atomic mass is 9.87. The van der Waals surface area contributed by atoms with Gasteiger partial charge in [0.05, 0.1) is 7.11 Å². The van der Waals surface area contributed by atoms with E-state index in [1.54, 1.807) is 7.11 Å². The molecule has 0 saturated carbocycles. The Morgan fingerprint density at radius 2 is 1.65 bits per heavy atom. The average molecular weight is 334 g/mol. The first-order valence-electron chi connectivity index (χ1n) is 7.46. The highest BCUT2D eigenvalue weighted by molar-refractivity contribution is 7.87. The van der Waals surface area contributed by atoms with Gasteiger partial charge in [-0.3, -0.25) is 0 Å². The molecule has 0 spiro atoms. The summed E-state index contributed by atoms with van der Waals surface area (Å²) >= 11 is 0. The fraction of sp³-hybridized carbons (Fsp3) is 0.294. The number of nitrogens with two attached hydrogens (primary N) is 1. The Morgan fingerprint density at radius 1 is 1.04 bits per heavy atom. The number of nitrogens with one attached hydrogen (secondary N) is 1. The molecule has 1 unspecified atom stereocenters. The standard InChI is InChI=1S/C17H22N2O3S/c1-22-16-11-9-15(10-12-16)17(14-6-3-2-4-7-14)8-5-13-19-23(18,20)21/h2-4,6-7,9-12,17,19H,5,8,13H2,1H3,(H2,18,20,21). The molecule has 0 bridgehead atoms. The highest BCUT2D eigenvalue weighted by Gasteiger charge is 2.14. The molecule has 2 aromatic rings. The van der Waals surface area contributed by atoms with Gasteiger partial charge in [-0.1, -0.05) is 42.5 Å². The Kier molecular flexibility index (Phi) is 6.15. The zero-order chi connectivity index (χ0) is 16.7. The van der Waals surface area contributed by atoms with Crippen LogP contribution in [0.3, 0.4) is 0 Å².